The van der Waals surface area contributed by atoms with Gasteiger partial charge < -0.3 is 9.64 Å². The summed E-state index contributed by atoms with van der Waals surface area (Å²) >= 11 is 0. The van der Waals surface area contributed by atoms with Gasteiger partial charge in [-0.3, -0.25) is 4.79 Å². The van der Waals surface area contributed by atoms with Crippen LogP contribution in [0.4, 0.5) is 13.2 Å². The summed E-state index contributed by atoms with van der Waals surface area (Å²) in [4.78, 5) is 26.6. The molecule has 0 bridgehead atoms. The third-order valence-electron chi connectivity index (χ3n) is 6.65. The standard InChI is InChI=1S/C33H36F3NO3/c1-3-5-6-7-8-9-10-11-14-26-19-20-27(30-16-13-12-15-29(26)30)24-37(31(38)32(39)40-4-2)23-25-17-21-28(22-18-25)33(34,35)36/h12-13,15-22H,3-10,23-24H2,1-2H3. The molecule has 0 atom stereocenters. The van der Waals surface area contributed by atoms with E-state index in [9.17, 15) is 22.8 Å². The number of ether oxygens (including phenoxy) is 1. The molecule has 0 aromatic heterocycles. The number of fused-ring (bicyclic) bond motifs is 1. The van der Waals surface area contributed by atoms with E-state index in [2.05, 4.69) is 18.8 Å². The maximum atomic E-state index is 13.0. The smallest absolute Gasteiger partial charge is 0.416 e. The van der Waals surface area contributed by atoms with E-state index in [1.165, 1.54) is 49.1 Å². The highest BCUT2D eigenvalue weighted by Gasteiger charge is 2.30. The number of alkyl halides is 3. The number of halogens is 3. The molecule has 3 aromatic carbocycles. The monoisotopic (exact) mass is 551 g/mol. The Morgan fingerprint density at radius 2 is 1.50 bits per heavy atom. The summed E-state index contributed by atoms with van der Waals surface area (Å²) in [5.74, 6) is 4.72. The lowest BCUT2D eigenvalue weighted by Gasteiger charge is -2.23. The first-order valence-electron chi connectivity index (χ1n) is 13.9. The van der Waals surface area contributed by atoms with Crippen molar-refractivity contribution in [1.29, 1.82) is 0 Å². The number of hydrogen-bond acceptors (Lipinski definition) is 3. The van der Waals surface area contributed by atoms with E-state index in [4.69, 9.17) is 4.74 Å². The van der Waals surface area contributed by atoms with Gasteiger partial charge in [-0.25, -0.2) is 4.79 Å². The summed E-state index contributed by atoms with van der Waals surface area (Å²) in [6.45, 7) is 3.86. The van der Waals surface area contributed by atoms with E-state index in [1.807, 2.05) is 36.4 Å². The molecule has 0 N–H and O–H groups in total. The van der Waals surface area contributed by atoms with Gasteiger partial charge in [-0.2, -0.15) is 13.2 Å². The summed E-state index contributed by atoms with van der Waals surface area (Å²) in [5, 5.41) is 1.83. The number of rotatable bonds is 11. The Morgan fingerprint density at radius 3 is 2.17 bits per heavy atom. The van der Waals surface area contributed by atoms with Crippen molar-refractivity contribution < 1.29 is 27.5 Å². The molecule has 0 fully saturated rings. The van der Waals surface area contributed by atoms with Crippen LogP contribution in [0.5, 0.6) is 0 Å². The van der Waals surface area contributed by atoms with Crippen LogP contribution < -0.4 is 0 Å². The number of unbranched alkanes of at least 4 members (excludes halogenated alkanes) is 6. The lowest BCUT2D eigenvalue weighted by molar-refractivity contribution is -0.160. The first kappa shape index (κ1) is 30.7. The molecule has 3 aromatic rings. The van der Waals surface area contributed by atoms with Crippen molar-refractivity contribution in [3.05, 3.63) is 82.9 Å². The molecule has 0 saturated heterocycles. The SMILES string of the molecule is CCCCCCCCC#Cc1ccc(CN(Cc2ccc(C(F)(F)F)cc2)C(=O)C(=O)OCC)c2ccccc12. The predicted molar refractivity (Wildman–Crippen MR) is 151 cm³/mol. The Kier molecular flexibility index (Phi) is 11.6. The average molecular weight is 552 g/mol. The molecule has 4 nitrogen and oxygen atoms in total. The summed E-state index contributed by atoms with van der Waals surface area (Å²) in [5.41, 5.74) is 1.36. The lowest BCUT2D eigenvalue weighted by Crippen LogP contribution is -2.36. The van der Waals surface area contributed by atoms with Crippen LogP contribution in [0.15, 0.2) is 60.7 Å². The van der Waals surface area contributed by atoms with Crippen LogP contribution in [0.1, 0.15) is 81.0 Å². The minimum absolute atomic E-state index is 0.0354. The van der Waals surface area contributed by atoms with E-state index >= 15 is 0 Å². The molecular formula is C33H36F3NO3. The Hall–Kier alpha value is -3.79. The molecule has 0 radical (unpaired) electrons. The molecule has 1 amide bonds. The summed E-state index contributed by atoms with van der Waals surface area (Å²) in [6.07, 6.45) is 3.63. The van der Waals surface area contributed by atoms with Gasteiger partial charge in [0.05, 0.1) is 12.2 Å². The fourth-order valence-corrected chi connectivity index (χ4v) is 4.51. The van der Waals surface area contributed by atoms with Gasteiger partial charge >= 0.3 is 18.1 Å². The normalized spacial score (nSPS) is 11.1. The fourth-order valence-electron chi connectivity index (χ4n) is 4.51. The van der Waals surface area contributed by atoms with Crippen molar-refractivity contribution in [3.63, 3.8) is 0 Å². The maximum absolute atomic E-state index is 13.0. The largest absolute Gasteiger partial charge is 0.459 e. The summed E-state index contributed by atoms with van der Waals surface area (Å²) < 4.78 is 43.9. The average Bonchev–Trinajstić information content (AvgIpc) is 2.94. The minimum atomic E-state index is -4.46. The van der Waals surface area contributed by atoms with Gasteiger partial charge in [-0.05, 0) is 53.4 Å². The molecule has 0 aliphatic heterocycles. The Balaban J connectivity index is 1.82. The second-order valence-corrected chi connectivity index (χ2v) is 9.71. The van der Waals surface area contributed by atoms with Crippen LogP contribution in [0.3, 0.4) is 0 Å². The van der Waals surface area contributed by atoms with Crippen molar-refractivity contribution in [1.82, 2.24) is 4.90 Å². The van der Waals surface area contributed by atoms with E-state index in [1.54, 1.807) is 6.92 Å². The highest BCUT2D eigenvalue weighted by molar-refractivity contribution is 6.32. The van der Waals surface area contributed by atoms with Gasteiger partial charge in [-0.15, -0.1) is 0 Å². The highest BCUT2D eigenvalue weighted by Crippen LogP contribution is 2.30. The molecular weight excluding hydrogens is 515 g/mol. The molecule has 0 heterocycles. The second-order valence-electron chi connectivity index (χ2n) is 9.71. The number of carbonyl (C=O) groups excluding carboxylic acids is 2. The van der Waals surface area contributed by atoms with Crippen molar-refractivity contribution in [2.45, 2.75) is 78.1 Å². The molecule has 0 unspecified atom stereocenters. The minimum Gasteiger partial charge on any atom is -0.459 e. The number of benzene rings is 3. The molecule has 3 rings (SSSR count). The molecule has 40 heavy (non-hydrogen) atoms. The molecule has 0 aliphatic rings. The predicted octanol–water partition coefficient (Wildman–Crippen LogP) is 8.05. The van der Waals surface area contributed by atoms with Crippen LogP contribution in [-0.2, 0) is 33.6 Å². The first-order valence-corrected chi connectivity index (χ1v) is 13.9. The summed E-state index contributed by atoms with van der Waals surface area (Å²) in [6, 6.07) is 16.1. The number of carbonyl (C=O) groups is 2. The molecule has 0 aliphatic carbocycles. The van der Waals surface area contributed by atoms with Crippen LogP contribution in [0, 0.1) is 11.8 Å². The number of amides is 1. The number of nitrogens with zero attached hydrogens (tertiary/aromatic N) is 1. The highest BCUT2D eigenvalue weighted by atomic mass is 19.4. The van der Waals surface area contributed by atoms with Crippen molar-refractivity contribution in [3.8, 4) is 11.8 Å². The van der Waals surface area contributed by atoms with Gasteiger partial charge in [0.1, 0.15) is 0 Å². The maximum Gasteiger partial charge on any atom is 0.416 e. The van der Waals surface area contributed by atoms with E-state index in [0.717, 1.165) is 46.9 Å². The van der Waals surface area contributed by atoms with Crippen molar-refractivity contribution in [2.75, 3.05) is 6.61 Å². The third kappa shape index (κ3) is 8.87. The Morgan fingerprint density at radius 1 is 0.825 bits per heavy atom. The van der Waals surface area contributed by atoms with Crippen molar-refractivity contribution in [2.24, 2.45) is 0 Å². The van der Waals surface area contributed by atoms with Crippen LogP contribution in [-0.4, -0.2) is 23.4 Å². The molecule has 0 spiro atoms. The van der Waals surface area contributed by atoms with Gasteiger partial charge in [0.2, 0.25) is 0 Å². The fraction of sp³-hybridized carbons (Fsp3) is 0.394. The first-order chi connectivity index (χ1) is 19.2. The zero-order valence-electron chi connectivity index (χ0n) is 23.2. The third-order valence-corrected chi connectivity index (χ3v) is 6.65. The zero-order chi connectivity index (χ0) is 29.0. The Labute approximate surface area is 234 Å². The van der Waals surface area contributed by atoms with E-state index < -0.39 is 23.6 Å². The summed E-state index contributed by atoms with van der Waals surface area (Å²) in [7, 11) is 0. The van der Waals surface area contributed by atoms with Gasteiger partial charge in [0, 0.05) is 25.1 Å². The number of esters is 1. The quantitative estimate of drug-likeness (QED) is 0.105. The zero-order valence-corrected chi connectivity index (χ0v) is 23.2. The van der Waals surface area contributed by atoms with Crippen LogP contribution in [0.2, 0.25) is 0 Å². The Bertz CT molecular complexity index is 1340. The number of hydrogen-bond donors (Lipinski definition) is 0. The van der Waals surface area contributed by atoms with E-state index in [0.29, 0.717) is 5.56 Å². The molecule has 212 valence electrons. The topological polar surface area (TPSA) is 46.6 Å². The van der Waals surface area contributed by atoms with Crippen LogP contribution >= 0.6 is 0 Å². The second kappa shape index (κ2) is 15.1. The van der Waals surface area contributed by atoms with Gasteiger partial charge in [-0.1, -0.05) is 93.3 Å². The van der Waals surface area contributed by atoms with Gasteiger partial charge in [0.15, 0.2) is 0 Å². The van der Waals surface area contributed by atoms with E-state index in [-0.39, 0.29) is 19.7 Å². The molecule has 0 saturated carbocycles. The van der Waals surface area contributed by atoms with Crippen LogP contribution in [0.25, 0.3) is 10.8 Å². The lowest BCUT2D eigenvalue weighted by atomic mass is 9.99. The molecule has 7 heteroatoms. The van der Waals surface area contributed by atoms with Gasteiger partial charge in [0.25, 0.3) is 0 Å². The van der Waals surface area contributed by atoms with Crippen molar-refractivity contribution >= 4 is 22.6 Å².